The van der Waals surface area contributed by atoms with Gasteiger partial charge < -0.3 is 14.7 Å². The lowest BCUT2D eigenvalue weighted by Crippen LogP contribution is -2.42. The summed E-state index contributed by atoms with van der Waals surface area (Å²) in [5.41, 5.74) is 0. The quantitative estimate of drug-likeness (QED) is 0.596. The van der Waals surface area contributed by atoms with Crippen LogP contribution in [-0.2, 0) is 9.53 Å². The highest BCUT2D eigenvalue weighted by atomic mass is 16.6. The van der Waals surface area contributed by atoms with Gasteiger partial charge in [-0.15, -0.1) is 0 Å². The number of aliphatic hydroxyl groups is 1. The van der Waals surface area contributed by atoms with E-state index in [0.717, 1.165) is 19.4 Å². The summed E-state index contributed by atoms with van der Waals surface area (Å²) < 4.78 is 5.02. The number of aliphatic hydroxyl groups excluding tert-OH is 1. The second kappa shape index (κ2) is 4.42. The second-order valence-corrected chi connectivity index (χ2v) is 3.03. The van der Waals surface area contributed by atoms with Gasteiger partial charge in [0.1, 0.15) is 6.79 Å². The Morgan fingerprint density at radius 3 is 3.08 bits per heavy atom. The third-order valence-electron chi connectivity index (χ3n) is 2.13. The fourth-order valence-corrected chi connectivity index (χ4v) is 1.47. The highest BCUT2D eigenvalue weighted by Gasteiger charge is 2.21. The van der Waals surface area contributed by atoms with E-state index in [1.807, 2.05) is 0 Å². The van der Waals surface area contributed by atoms with Gasteiger partial charge >= 0.3 is 0 Å². The van der Waals surface area contributed by atoms with Gasteiger partial charge in [-0.05, 0) is 12.8 Å². The maximum atomic E-state index is 11.0. The Bertz CT molecular complexity index is 158. The lowest BCUT2D eigenvalue weighted by molar-refractivity contribution is -0.135. The zero-order valence-electron chi connectivity index (χ0n) is 7.32. The van der Waals surface area contributed by atoms with Gasteiger partial charge in [0.15, 0.2) is 0 Å². The second-order valence-electron chi connectivity index (χ2n) is 3.03. The lowest BCUT2D eigenvalue weighted by atomic mass is 10.1. The van der Waals surface area contributed by atoms with Crippen LogP contribution in [0.25, 0.3) is 0 Å². The molecule has 0 saturated carbocycles. The van der Waals surface area contributed by atoms with E-state index in [4.69, 9.17) is 9.84 Å². The van der Waals surface area contributed by atoms with Gasteiger partial charge in [0, 0.05) is 20.0 Å². The van der Waals surface area contributed by atoms with Crippen molar-refractivity contribution in [2.45, 2.75) is 25.9 Å². The molecule has 4 nitrogen and oxygen atoms in total. The SMILES string of the molecule is CC(=O)N1CCCC(OCO)C1. The molecule has 1 atom stereocenters. The minimum Gasteiger partial charge on any atom is -0.371 e. The Morgan fingerprint density at radius 2 is 2.50 bits per heavy atom. The number of hydrogen-bond donors (Lipinski definition) is 1. The van der Waals surface area contributed by atoms with Crippen LogP contribution in [0.3, 0.4) is 0 Å². The lowest BCUT2D eigenvalue weighted by Gasteiger charge is -2.31. The molecule has 1 rings (SSSR count). The molecule has 1 N–H and O–H groups in total. The van der Waals surface area contributed by atoms with Crippen LogP contribution in [0.5, 0.6) is 0 Å². The van der Waals surface area contributed by atoms with Crippen LogP contribution in [0.2, 0.25) is 0 Å². The molecule has 1 amide bonds. The van der Waals surface area contributed by atoms with E-state index in [-0.39, 0.29) is 18.8 Å². The Kier molecular flexibility index (Phi) is 3.49. The molecule has 1 unspecified atom stereocenters. The molecule has 1 fully saturated rings. The molecule has 1 heterocycles. The summed E-state index contributed by atoms with van der Waals surface area (Å²) in [6, 6.07) is 0. The molecular formula is C8H15NO3. The Labute approximate surface area is 72.1 Å². The molecule has 0 spiro atoms. The van der Waals surface area contributed by atoms with E-state index in [1.54, 1.807) is 11.8 Å². The van der Waals surface area contributed by atoms with Crippen LogP contribution in [-0.4, -0.2) is 41.9 Å². The fourth-order valence-electron chi connectivity index (χ4n) is 1.47. The van der Waals surface area contributed by atoms with Gasteiger partial charge in [-0.3, -0.25) is 4.79 Å². The zero-order valence-corrected chi connectivity index (χ0v) is 7.32. The topological polar surface area (TPSA) is 49.8 Å². The first-order chi connectivity index (χ1) is 5.74. The van der Waals surface area contributed by atoms with E-state index in [9.17, 15) is 4.79 Å². The van der Waals surface area contributed by atoms with Crippen molar-refractivity contribution < 1.29 is 14.6 Å². The van der Waals surface area contributed by atoms with Gasteiger partial charge in [-0.25, -0.2) is 0 Å². The van der Waals surface area contributed by atoms with Crippen LogP contribution >= 0.6 is 0 Å². The molecule has 1 aliphatic heterocycles. The van der Waals surface area contributed by atoms with Crippen LogP contribution in [0.4, 0.5) is 0 Å². The number of likely N-dealkylation sites (tertiary alicyclic amines) is 1. The predicted molar refractivity (Wildman–Crippen MR) is 43.4 cm³/mol. The molecule has 0 aliphatic carbocycles. The first kappa shape index (κ1) is 9.48. The summed E-state index contributed by atoms with van der Waals surface area (Å²) >= 11 is 0. The number of hydrogen-bond acceptors (Lipinski definition) is 3. The molecular weight excluding hydrogens is 158 g/mol. The molecule has 0 aromatic rings. The van der Waals surface area contributed by atoms with Crippen LogP contribution in [0.15, 0.2) is 0 Å². The highest BCUT2D eigenvalue weighted by Crippen LogP contribution is 2.12. The number of rotatable bonds is 2. The average molecular weight is 173 g/mol. The van der Waals surface area contributed by atoms with E-state index >= 15 is 0 Å². The summed E-state index contributed by atoms with van der Waals surface area (Å²) in [5.74, 6) is 0.0845. The van der Waals surface area contributed by atoms with Gasteiger partial charge in [-0.1, -0.05) is 0 Å². The summed E-state index contributed by atoms with van der Waals surface area (Å²) in [7, 11) is 0. The Balaban J connectivity index is 2.35. The zero-order chi connectivity index (χ0) is 8.97. The van der Waals surface area contributed by atoms with Crippen molar-refractivity contribution in [1.29, 1.82) is 0 Å². The number of piperidine rings is 1. The largest absolute Gasteiger partial charge is 0.371 e. The molecule has 0 radical (unpaired) electrons. The number of carbonyl (C=O) groups excluding carboxylic acids is 1. The molecule has 4 heteroatoms. The van der Waals surface area contributed by atoms with Crippen molar-refractivity contribution in [1.82, 2.24) is 4.90 Å². The summed E-state index contributed by atoms with van der Waals surface area (Å²) in [4.78, 5) is 12.7. The summed E-state index contributed by atoms with van der Waals surface area (Å²) in [6.07, 6.45) is 1.92. The number of nitrogens with zero attached hydrogens (tertiary/aromatic N) is 1. The van der Waals surface area contributed by atoms with Crippen LogP contribution in [0.1, 0.15) is 19.8 Å². The highest BCUT2D eigenvalue weighted by molar-refractivity contribution is 5.73. The van der Waals surface area contributed by atoms with E-state index in [0.29, 0.717) is 6.54 Å². The van der Waals surface area contributed by atoms with E-state index < -0.39 is 0 Å². The van der Waals surface area contributed by atoms with Crippen molar-refractivity contribution >= 4 is 5.91 Å². The minimum absolute atomic E-state index is 0.0210. The molecule has 70 valence electrons. The average Bonchev–Trinajstić information content (AvgIpc) is 2.05. The third kappa shape index (κ3) is 2.46. The normalized spacial score (nSPS) is 24.2. The third-order valence-corrected chi connectivity index (χ3v) is 2.13. The molecule has 1 aliphatic rings. The number of carbonyl (C=O) groups is 1. The van der Waals surface area contributed by atoms with Gasteiger partial charge in [0.2, 0.25) is 5.91 Å². The summed E-state index contributed by atoms with van der Waals surface area (Å²) in [6.45, 7) is 2.74. The molecule has 12 heavy (non-hydrogen) atoms. The fraction of sp³-hybridized carbons (Fsp3) is 0.875. The van der Waals surface area contributed by atoms with Crippen molar-refractivity contribution in [3.8, 4) is 0 Å². The van der Waals surface area contributed by atoms with Crippen LogP contribution < -0.4 is 0 Å². The van der Waals surface area contributed by atoms with Crippen molar-refractivity contribution in [2.24, 2.45) is 0 Å². The molecule has 0 aromatic carbocycles. The summed E-state index contributed by atoms with van der Waals surface area (Å²) in [5, 5.41) is 8.52. The van der Waals surface area contributed by atoms with Gasteiger partial charge in [0.05, 0.1) is 6.10 Å². The molecule has 1 saturated heterocycles. The minimum atomic E-state index is -0.254. The predicted octanol–water partition coefficient (Wildman–Crippen LogP) is -0.0363. The maximum absolute atomic E-state index is 11.0. The Hall–Kier alpha value is -0.610. The molecule has 0 aromatic heterocycles. The van der Waals surface area contributed by atoms with Crippen molar-refractivity contribution in [2.75, 3.05) is 19.9 Å². The maximum Gasteiger partial charge on any atom is 0.219 e. The number of amides is 1. The standard InChI is InChI=1S/C8H15NO3/c1-7(11)9-4-2-3-8(5-9)12-6-10/h8,10H,2-6H2,1H3. The number of ether oxygens (including phenoxy) is 1. The van der Waals surface area contributed by atoms with Gasteiger partial charge in [0.25, 0.3) is 0 Å². The van der Waals surface area contributed by atoms with Crippen LogP contribution in [0, 0.1) is 0 Å². The monoisotopic (exact) mass is 173 g/mol. The smallest absolute Gasteiger partial charge is 0.219 e. The first-order valence-electron chi connectivity index (χ1n) is 4.22. The van der Waals surface area contributed by atoms with Gasteiger partial charge in [-0.2, -0.15) is 0 Å². The first-order valence-corrected chi connectivity index (χ1v) is 4.22. The van der Waals surface area contributed by atoms with E-state index in [2.05, 4.69) is 0 Å². The van der Waals surface area contributed by atoms with Crippen molar-refractivity contribution in [3.63, 3.8) is 0 Å². The Morgan fingerprint density at radius 1 is 1.75 bits per heavy atom. The van der Waals surface area contributed by atoms with E-state index in [1.165, 1.54) is 0 Å². The molecule has 0 bridgehead atoms. The van der Waals surface area contributed by atoms with Crippen molar-refractivity contribution in [3.05, 3.63) is 0 Å².